The first kappa shape index (κ1) is 20.2. The van der Waals surface area contributed by atoms with E-state index in [-0.39, 0.29) is 17.6 Å². The summed E-state index contributed by atoms with van der Waals surface area (Å²) < 4.78 is 2.05. The van der Waals surface area contributed by atoms with Crippen LogP contribution in [-0.4, -0.2) is 20.8 Å². The predicted octanol–water partition coefficient (Wildman–Crippen LogP) is 5.56. The summed E-state index contributed by atoms with van der Waals surface area (Å²) in [5.41, 5.74) is 4.48. The summed E-state index contributed by atoms with van der Waals surface area (Å²) in [4.78, 5) is 12.5. The molecule has 0 aliphatic heterocycles. The summed E-state index contributed by atoms with van der Waals surface area (Å²) in [6.07, 6.45) is 3.97. The summed E-state index contributed by atoms with van der Waals surface area (Å²) in [5, 5.41) is 18.3. The highest BCUT2D eigenvalue weighted by Crippen LogP contribution is 2.42. The highest BCUT2D eigenvalue weighted by Gasteiger charge is 2.29. The molecular formula is C25H29N3O2. The lowest BCUT2D eigenvalue weighted by Crippen LogP contribution is -2.21. The Morgan fingerprint density at radius 3 is 2.53 bits per heavy atom. The molecule has 0 bridgehead atoms. The van der Waals surface area contributed by atoms with Gasteiger partial charge in [-0.2, -0.15) is 5.10 Å². The van der Waals surface area contributed by atoms with Gasteiger partial charge in [0, 0.05) is 28.8 Å². The van der Waals surface area contributed by atoms with Crippen molar-refractivity contribution in [1.29, 1.82) is 0 Å². The lowest BCUT2D eigenvalue weighted by atomic mass is 10.0. The molecule has 1 aliphatic carbocycles. The van der Waals surface area contributed by atoms with Gasteiger partial charge in [0.15, 0.2) is 0 Å². The second-order valence-electron chi connectivity index (χ2n) is 8.11. The fourth-order valence-electron chi connectivity index (χ4n) is 3.88. The summed E-state index contributed by atoms with van der Waals surface area (Å²) in [6.45, 7) is 4.75. The van der Waals surface area contributed by atoms with Crippen LogP contribution in [0.15, 0.2) is 54.6 Å². The van der Waals surface area contributed by atoms with E-state index in [0.717, 1.165) is 18.5 Å². The Morgan fingerprint density at radius 1 is 1.13 bits per heavy atom. The third kappa shape index (κ3) is 4.40. The minimum atomic E-state index is -0.00574. The highest BCUT2D eigenvalue weighted by atomic mass is 16.3. The molecule has 1 saturated carbocycles. The summed E-state index contributed by atoms with van der Waals surface area (Å²) in [5.74, 6) is 0.718. The van der Waals surface area contributed by atoms with Crippen molar-refractivity contribution in [3.05, 3.63) is 65.9 Å². The third-order valence-corrected chi connectivity index (χ3v) is 5.88. The molecule has 1 heterocycles. The number of benzene rings is 2. The topological polar surface area (TPSA) is 67.2 Å². The minimum absolute atomic E-state index is 0.00574. The predicted molar refractivity (Wildman–Crippen MR) is 120 cm³/mol. The van der Waals surface area contributed by atoms with Gasteiger partial charge in [0.05, 0.1) is 12.2 Å². The lowest BCUT2D eigenvalue weighted by Gasteiger charge is -2.13. The molecule has 1 aliphatic rings. The van der Waals surface area contributed by atoms with Gasteiger partial charge >= 0.3 is 0 Å². The van der Waals surface area contributed by atoms with Crippen molar-refractivity contribution in [3.63, 3.8) is 0 Å². The van der Waals surface area contributed by atoms with E-state index in [9.17, 15) is 9.90 Å². The van der Waals surface area contributed by atoms with Gasteiger partial charge in [0.1, 0.15) is 5.75 Å². The van der Waals surface area contributed by atoms with E-state index in [4.69, 9.17) is 5.10 Å². The Balaban J connectivity index is 1.63. The number of aromatic hydroxyl groups is 1. The second-order valence-corrected chi connectivity index (χ2v) is 8.11. The largest absolute Gasteiger partial charge is 0.507 e. The van der Waals surface area contributed by atoms with Crippen LogP contribution in [0.3, 0.4) is 0 Å². The maximum Gasteiger partial charge on any atom is 0.227 e. The first-order valence-electron chi connectivity index (χ1n) is 10.8. The Kier molecular flexibility index (Phi) is 5.88. The molecule has 156 valence electrons. The number of phenolic OH excluding ortho intramolecular Hbond substituents is 1. The molecule has 4 rings (SSSR count). The molecule has 1 amide bonds. The van der Waals surface area contributed by atoms with E-state index in [2.05, 4.69) is 28.2 Å². The number of anilines is 1. The lowest BCUT2D eigenvalue weighted by molar-refractivity contribution is -0.120. The van der Waals surface area contributed by atoms with Crippen LogP contribution in [0.25, 0.3) is 11.3 Å². The van der Waals surface area contributed by atoms with Crippen LogP contribution in [0.1, 0.15) is 56.7 Å². The number of hydrogen-bond donors (Lipinski definition) is 2. The van der Waals surface area contributed by atoms with Gasteiger partial charge in [0.2, 0.25) is 5.91 Å². The normalized spacial score (nSPS) is 13.6. The Morgan fingerprint density at radius 2 is 1.87 bits per heavy atom. The third-order valence-electron chi connectivity index (χ3n) is 5.88. The van der Waals surface area contributed by atoms with Crippen molar-refractivity contribution in [3.8, 4) is 17.0 Å². The van der Waals surface area contributed by atoms with E-state index >= 15 is 0 Å². The molecule has 0 saturated heterocycles. The van der Waals surface area contributed by atoms with Gasteiger partial charge in [0.25, 0.3) is 0 Å². The van der Waals surface area contributed by atoms with Crippen LogP contribution in [0.4, 0.5) is 5.69 Å². The van der Waals surface area contributed by atoms with Gasteiger partial charge in [-0.3, -0.25) is 9.48 Å². The molecule has 0 unspecified atom stereocenters. The number of hydrogen-bond acceptors (Lipinski definition) is 3. The number of nitrogens with zero attached hydrogens (tertiary/aromatic N) is 2. The quantitative estimate of drug-likeness (QED) is 0.484. The van der Waals surface area contributed by atoms with E-state index in [1.54, 1.807) is 12.1 Å². The van der Waals surface area contributed by atoms with Crippen LogP contribution in [0, 0.1) is 5.92 Å². The molecule has 2 aromatic carbocycles. The van der Waals surface area contributed by atoms with Gasteiger partial charge in [-0.05, 0) is 55.5 Å². The van der Waals surface area contributed by atoms with Crippen molar-refractivity contribution < 1.29 is 9.90 Å². The summed E-state index contributed by atoms with van der Waals surface area (Å²) in [6, 6.07) is 17.6. The van der Waals surface area contributed by atoms with Crippen molar-refractivity contribution in [1.82, 2.24) is 9.78 Å². The highest BCUT2D eigenvalue weighted by molar-refractivity contribution is 5.93. The molecule has 0 atom stereocenters. The summed E-state index contributed by atoms with van der Waals surface area (Å²) in [7, 11) is 0. The van der Waals surface area contributed by atoms with Gasteiger partial charge in [-0.15, -0.1) is 0 Å². The van der Waals surface area contributed by atoms with Crippen LogP contribution in [-0.2, 0) is 11.3 Å². The molecule has 0 radical (unpaired) electrons. The monoisotopic (exact) mass is 403 g/mol. The smallest absolute Gasteiger partial charge is 0.227 e. The van der Waals surface area contributed by atoms with E-state index in [1.807, 2.05) is 38.1 Å². The van der Waals surface area contributed by atoms with Crippen molar-refractivity contribution >= 4 is 11.6 Å². The van der Waals surface area contributed by atoms with E-state index in [1.165, 1.54) is 24.1 Å². The molecule has 2 N–H and O–H groups in total. The zero-order chi connectivity index (χ0) is 21.1. The molecule has 30 heavy (non-hydrogen) atoms. The number of nitrogens with one attached hydrogen (secondary N) is 1. The SMILES string of the molecule is CCC(CC)C(=O)Nc1ccc(O)c(-c2cc(C3CC3)n(Cc3ccccc3)n2)c1. The number of amides is 1. The van der Waals surface area contributed by atoms with Crippen LogP contribution < -0.4 is 5.32 Å². The first-order chi connectivity index (χ1) is 14.6. The van der Waals surface area contributed by atoms with Crippen molar-refractivity contribution in [2.24, 2.45) is 5.92 Å². The first-order valence-corrected chi connectivity index (χ1v) is 10.8. The van der Waals surface area contributed by atoms with Crippen molar-refractivity contribution in [2.45, 2.75) is 52.0 Å². The van der Waals surface area contributed by atoms with Crippen molar-refractivity contribution in [2.75, 3.05) is 5.32 Å². The van der Waals surface area contributed by atoms with Gasteiger partial charge < -0.3 is 10.4 Å². The van der Waals surface area contributed by atoms with Gasteiger partial charge in [-0.25, -0.2) is 0 Å². The molecular weight excluding hydrogens is 374 g/mol. The Hall–Kier alpha value is -3.08. The average Bonchev–Trinajstić information content (AvgIpc) is 3.52. The Labute approximate surface area is 177 Å². The fraction of sp³-hybridized carbons (Fsp3) is 0.360. The summed E-state index contributed by atoms with van der Waals surface area (Å²) >= 11 is 0. The molecule has 1 fully saturated rings. The molecule has 3 aromatic rings. The van der Waals surface area contributed by atoms with Crippen LogP contribution in [0.5, 0.6) is 5.75 Å². The van der Waals surface area contributed by atoms with Crippen LogP contribution >= 0.6 is 0 Å². The second kappa shape index (κ2) is 8.74. The molecule has 5 heteroatoms. The minimum Gasteiger partial charge on any atom is -0.507 e. The zero-order valence-electron chi connectivity index (χ0n) is 17.6. The number of rotatable bonds is 8. The fourth-order valence-corrected chi connectivity index (χ4v) is 3.88. The molecule has 5 nitrogen and oxygen atoms in total. The zero-order valence-corrected chi connectivity index (χ0v) is 17.6. The Bertz CT molecular complexity index is 1020. The number of carbonyl (C=O) groups is 1. The van der Waals surface area contributed by atoms with Crippen LogP contribution in [0.2, 0.25) is 0 Å². The number of aromatic nitrogens is 2. The number of phenols is 1. The average molecular weight is 404 g/mol. The number of carbonyl (C=O) groups excluding carboxylic acids is 1. The maximum absolute atomic E-state index is 12.5. The molecule has 0 spiro atoms. The van der Waals surface area contributed by atoms with Gasteiger partial charge in [-0.1, -0.05) is 44.2 Å². The standard InChI is InChI=1S/C25H29N3O2/c1-3-18(4-2)25(30)26-20-12-13-24(29)21(14-20)22-15-23(19-10-11-19)28(27-22)16-17-8-6-5-7-9-17/h5-9,12-15,18-19,29H,3-4,10-11,16H2,1-2H3,(H,26,30). The van der Waals surface area contributed by atoms with E-state index in [0.29, 0.717) is 23.7 Å². The molecule has 1 aromatic heterocycles. The maximum atomic E-state index is 12.5. The van der Waals surface area contributed by atoms with E-state index < -0.39 is 0 Å².